The highest BCUT2D eigenvalue weighted by Gasteiger charge is 2.43. The number of aliphatic hydroxyl groups excluding tert-OH is 1. The van der Waals surface area contributed by atoms with Crippen molar-refractivity contribution in [2.75, 3.05) is 49.2 Å². The smallest absolute Gasteiger partial charge is 0.327 e. The number of hydrogen-bond acceptors (Lipinski definition) is 21. The summed E-state index contributed by atoms with van der Waals surface area (Å²) in [7, 11) is 0. The van der Waals surface area contributed by atoms with E-state index in [9.17, 15) is 72.9 Å². The molecule has 1 aromatic carbocycles. The van der Waals surface area contributed by atoms with E-state index in [-0.39, 0.29) is 86.4 Å². The number of aromatic hydroxyl groups is 1. The summed E-state index contributed by atoms with van der Waals surface area (Å²) in [5.41, 5.74) is 12.0. The molecule has 0 spiro atoms. The summed E-state index contributed by atoms with van der Waals surface area (Å²) in [6, 6.07) is -7.83. The first-order valence-electron chi connectivity index (χ1n) is 28.0. The lowest BCUT2D eigenvalue weighted by Gasteiger charge is -2.30. The Morgan fingerprint density at radius 3 is 1.69 bits per heavy atom. The van der Waals surface area contributed by atoms with E-state index < -0.39 is 150 Å². The number of β-amino-alcohol motifs (C(OH)–C–C–N with tert-alkyl or cyclic N) is 1. The van der Waals surface area contributed by atoms with Crippen molar-refractivity contribution in [3.8, 4) is 5.75 Å². The van der Waals surface area contributed by atoms with Gasteiger partial charge in [-0.3, -0.25) is 52.7 Å². The lowest BCUT2D eigenvalue weighted by Crippen LogP contribution is -2.61. The number of nitrogens with two attached hydrogens (primary N) is 2. The molecule has 0 bridgehead atoms. The molecule has 1 aliphatic heterocycles. The zero-order valence-corrected chi connectivity index (χ0v) is 52.2. The highest BCUT2D eigenvalue weighted by atomic mass is 32.1. The van der Waals surface area contributed by atoms with Gasteiger partial charge >= 0.3 is 5.97 Å². The van der Waals surface area contributed by atoms with E-state index in [2.05, 4.69) is 114 Å². The molecule has 2 heterocycles. The van der Waals surface area contributed by atoms with Crippen LogP contribution in [0.3, 0.4) is 0 Å². The van der Waals surface area contributed by atoms with Crippen molar-refractivity contribution in [1.82, 2.24) is 68.0 Å². The number of carbonyl (C=O) groups excluding carboxylic acids is 11. The van der Waals surface area contributed by atoms with Crippen molar-refractivity contribution in [2.45, 2.75) is 139 Å². The number of unbranched alkanes of at least 4 members (excludes halogenated alkanes) is 1. The number of nitrogens with one attached hydrogen (secondary N) is 11. The third-order valence-corrected chi connectivity index (χ3v) is 15.0. The Labute approximate surface area is 525 Å². The highest BCUT2D eigenvalue weighted by Crippen LogP contribution is 2.21. The number of aliphatic carboxylic acids is 1. The number of H-pyrrole nitrogens is 1. The molecule has 87 heavy (non-hydrogen) atoms. The zero-order chi connectivity index (χ0) is 65.1. The van der Waals surface area contributed by atoms with Crippen LogP contribution in [0.4, 0.5) is 0 Å². The van der Waals surface area contributed by atoms with Gasteiger partial charge in [-0.05, 0) is 61.8 Å². The maximum absolute atomic E-state index is 14.4. The van der Waals surface area contributed by atoms with Crippen molar-refractivity contribution in [1.29, 1.82) is 0 Å². The standard InChI is InChI=1S/C53H83N15O15S4/c1-26(2)13-33(46(75)64-37(22-85)48(77)62-35(15-29-18-56-25-58-29)52(81)68-20-31(70)16-40(68)50(79)66-39(24-87)53(82)83)61-45(74)32(7-5-6-12-54)60-47(76)34(14-28-8-10-30(69)11-9-28)59-42(72)19-57-44(73)36(21-84)63-49(78)38(23-86)65-51(80)43(27(3)4)67-41(71)17-55/h8-11,18,25-27,31-40,43,69-70,84-87H,5-7,12-17,19-24,54-55H2,1-4H3,(H,56,58)(H,57,73)(H,59,72)(H,60,76)(H,61,74)(H,62,77)(H,63,78)(H,64,75)(H,65,80)(H,66,79)(H,67,71)(H,82,83)/t31-,32+,33+,34+,35+,36+,37+,38+,39+,40+,43+/m1/s1. The number of nitrogens with zero attached hydrogens (tertiary/aromatic N) is 2. The molecule has 0 unspecified atom stereocenters. The summed E-state index contributed by atoms with van der Waals surface area (Å²) in [6.07, 6.45) is 1.55. The number of carbonyl (C=O) groups is 12. The van der Waals surface area contributed by atoms with Crippen molar-refractivity contribution in [3.63, 3.8) is 0 Å². The molecule has 1 aliphatic rings. The number of aromatic nitrogens is 2. The number of phenolic OH excluding ortho intramolecular Hbond substituents is 1. The minimum absolute atomic E-state index is 0.00412. The normalized spacial score (nSPS) is 16.9. The minimum atomic E-state index is -1.46. The number of amides is 11. The molecule has 484 valence electrons. The molecule has 18 N–H and O–H groups in total. The van der Waals surface area contributed by atoms with Gasteiger partial charge in [-0.15, -0.1) is 0 Å². The second kappa shape index (κ2) is 37.8. The van der Waals surface area contributed by atoms with E-state index in [1.165, 1.54) is 36.8 Å². The van der Waals surface area contributed by atoms with Gasteiger partial charge in [0.2, 0.25) is 65.0 Å². The average molecular weight is 1300 g/mol. The van der Waals surface area contributed by atoms with Crippen LogP contribution in [0.5, 0.6) is 5.75 Å². The minimum Gasteiger partial charge on any atom is -0.508 e. The van der Waals surface area contributed by atoms with Crippen LogP contribution in [-0.4, -0.2) is 217 Å². The molecule has 0 saturated carbocycles. The molecule has 0 aliphatic carbocycles. The molecule has 34 heteroatoms. The molecule has 2 aromatic rings. The van der Waals surface area contributed by atoms with E-state index in [0.717, 1.165) is 4.90 Å². The van der Waals surface area contributed by atoms with Gasteiger partial charge in [0.15, 0.2) is 0 Å². The first kappa shape index (κ1) is 74.4. The second-order valence-corrected chi connectivity index (χ2v) is 22.8. The van der Waals surface area contributed by atoms with Gasteiger partial charge in [-0.25, -0.2) is 9.78 Å². The molecule has 30 nitrogen and oxygen atoms in total. The molecule has 0 radical (unpaired) electrons. The van der Waals surface area contributed by atoms with Gasteiger partial charge in [0.25, 0.3) is 0 Å². The van der Waals surface area contributed by atoms with Gasteiger partial charge < -0.3 is 89.8 Å². The van der Waals surface area contributed by atoms with Gasteiger partial charge in [-0.1, -0.05) is 39.8 Å². The number of thiol groups is 4. The number of hydrogen-bond donors (Lipinski definition) is 20. The van der Waals surface area contributed by atoms with Crippen molar-refractivity contribution < 1.29 is 72.9 Å². The van der Waals surface area contributed by atoms with Crippen molar-refractivity contribution >= 4 is 121 Å². The van der Waals surface area contributed by atoms with E-state index in [1.54, 1.807) is 27.7 Å². The number of rotatable bonds is 37. The largest absolute Gasteiger partial charge is 0.508 e. The molecule has 1 saturated heterocycles. The Hall–Kier alpha value is -6.85. The summed E-state index contributed by atoms with van der Waals surface area (Å²) >= 11 is 16.6. The van der Waals surface area contributed by atoms with Crippen LogP contribution in [0, 0.1) is 11.8 Å². The van der Waals surface area contributed by atoms with Crippen LogP contribution >= 0.6 is 50.5 Å². The number of aliphatic hydroxyl groups is 1. The molecule has 1 aromatic heterocycles. The lowest BCUT2D eigenvalue weighted by atomic mass is 10.0. The highest BCUT2D eigenvalue weighted by molar-refractivity contribution is 7.80. The zero-order valence-electron chi connectivity index (χ0n) is 48.7. The predicted octanol–water partition coefficient (Wildman–Crippen LogP) is -5.06. The SMILES string of the molecule is CC(C)C[C@H](NC(=O)[C@H](CCCCN)NC(=O)[C@H](Cc1ccc(O)cc1)NC(=O)CNC(=O)[C@H](CS)NC(=O)[C@H](CS)NC(=O)[C@@H](NC(=O)CN)C(C)C)C(=O)N[C@@H](CS)C(=O)N[C@@H](Cc1cnc[nH]1)C(=O)N1C[C@H](O)C[C@H]1C(=O)N[C@@H](CS)C(=O)O. The summed E-state index contributed by atoms with van der Waals surface area (Å²) in [5, 5.41) is 55.3. The van der Waals surface area contributed by atoms with Crippen LogP contribution in [0.15, 0.2) is 36.8 Å². The Kier molecular flexibility index (Phi) is 32.3. The number of carboxylic acid groups (broad SMARTS) is 1. The van der Waals surface area contributed by atoms with Crippen LogP contribution in [-0.2, 0) is 70.4 Å². The molecular formula is C53H83N15O15S4. The fraction of sp³-hybridized carbons (Fsp3) is 0.604. The quantitative estimate of drug-likeness (QED) is 0.0222. The average Bonchev–Trinajstić information content (AvgIpc) is 2.33. The van der Waals surface area contributed by atoms with Crippen LogP contribution in [0.25, 0.3) is 0 Å². The van der Waals surface area contributed by atoms with Crippen molar-refractivity contribution in [3.05, 3.63) is 48.0 Å². The number of phenols is 1. The maximum Gasteiger partial charge on any atom is 0.327 e. The Bertz CT molecular complexity index is 2660. The summed E-state index contributed by atoms with van der Waals surface area (Å²) in [4.78, 5) is 169. The number of benzene rings is 1. The summed E-state index contributed by atoms with van der Waals surface area (Å²) < 4.78 is 0. The third-order valence-electron chi connectivity index (χ3n) is 13.5. The number of carboxylic acids is 1. The fourth-order valence-corrected chi connectivity index (χ4v) is 9.84. The topological polar surface area (TPSA) is 470 Å². The van der Waals surface area contributed by atoms with Gasteiger partial charge in [0.1, 0.15) is 66.2 Å². The van der Waals surface area contributed by atoms with E-state index in [1.807, 2.05) is 0 Å². The van der Waals surface area contributed by atoms with Crippen molar-refractivity contribution in [2.24, 2.45) is 23.3 Å². The molecule has 1 fully saturated rings. The predicted molar refractivity (Wildman–Crippen MR) is 330 cm³/mol. The first-order valence-corrected chi connectivity index (χ1v) is 30.5. The number of likely N-dealkylation sites (tertiary alicyclic amines) is 1. The van der Waals surface area contributed by atoms with Gasteiger partial charge in [0.05, 0.1) is 25.5 Å². The Morgan fingerprint density at radius 1 is 0.632 bits per heavy atom. The summed E-state index contributed by atoms with van der Waals surface area (Å²) in [6.45, 7) is 5.60. The Morgan fingerprint density at radius 2 is 1.16 bits per heavy atom. The van der Waals surface area contributed by atoms with Gasteiger partial charge in [-0.2, -0.15) is 50.5 Å². The van der Waals surface area contributed by atoms with Crippen LogP contribution in [0.1, 0.15) is 71.1 Å². The van der Waals surface area contributed by atoms with Crippen LogP contribution < -0.4 is 64.6 Å². The van der Waals surface area contributed by atoms with Gasteiger partial charge in [0, 0.05) is 60.7 Å². The van der Waals surface area contributed by atoms with E-state index >= 15 is 0 Å². The lowest BCUT2D eigenvalue weighted by molar-refractivity contribution is -0.144. The second-order valence-electron chi connectivity index (χ2n) is 21.3. The molecular weight excluding hydrogens is 1210 g/mol. The molecule has 11 atom stereocenters. The van der Waals surface area contributed by atoms with E-state index in [4.69, 9.17) is 11.5 Å². The fourth-order valence-electron chi connectivity index (χ4n) is 8.83. The van der Waals surface area contributed by atoms with Crippen LogP contribution in [0.2, 0.25) is 0 Å². The maximum atomic E-state index is 14.4. The monoisotopic (exact) mass is 1300 g/mol. The third kappa shape index (κ3) is 24.7. The number of aromatic amines is 1. The molecule has 11 amide bonds. The summed E-state index contributed by atoms with van der Waals surface area (Å²) in [5.74, 6) is -12.4. The van der Waals surface area contributed by atoms with E-state index in [0.29, 0.717) is 24.1 Å². The number of imidazole rings is 1. The first-order chi connectivity index (χ1) is 41.2. The Balaban J connectivity index is 1.82. The molecule has 3 rings (SSSR count).